The minimum atomic E-state index is 0.936. The highest BCUT2D eigenvalue weighted by Gasteiger charge is 2.29. The van der Waals surface area contributed by atoms with E-state index in [1.54, 1.807) is 0 Å². The van der Waals surface area contributed by atoms with Crippen molar-refractivity contribution in [1.29, 1.82) is 0 Å². The van der Waals surface area contributed by atoms with Crippen LogP contribution in [0, 0.1) is 0 Å². The van der Waals surface area contributed by atoms with E-state index >= 15 is 0 Å². The molecule has 0 aliphatic carbocycles. The molecule has 4 nitrogen and oxygen atoms in total. The minimum absolute atomic E-state index is 0.936. The molecule has 0 saturated heterocycles. The molecule has 4 heteroatoms. The highest BCUT2D eigenvalue weighted by atomic mass is 14.8. The number of nitrogens with zero attached hydrogens (tertiary/aromatic N) is 2. The normalized spacial score (nSPS) is 13.2. The fourth-order valence-corrected chi connectivity index (χ4v) is 9.22. The number of allylic oxidation sites excluding steroid dienone is 4. The number of rotatable bonds is 14. The van der Waals surface area contributed by atoms with E-state index in [0.717, 1.165) is 75.6 Å². The number of unbranched alkanes of at least 4 members (excludes halogenated alkanes) is 3. The van der Waals surface area contributed by atoms with Crippen molar-refractivity contribution >= 4 is 44.4 Å². The lowest BCUT2D eigenvalue weighted by molar-refractivity contribution is 0.664. The second-order valence-corrected chi connectivity index (χ2v) is 14.5. The molecule has 0 fully saturated rings. The highest BCUT2D eigenvalue weighted by Crippen LogP contribution is 2.45. The summed E-state index contributed by atoms with van der Waals surface area (Å²) in [5, 5.41) is 0. The molecule has 4 aromatic rings. The second kappa shape index (κ2) is 16.7. The number of H-pyrrole nitrogens is 2. The molecule has 0 amide bonds. The van der Waals surface area contributed by atoms with Gasteiger partial charge in [-0.1, -0.05) is 112 Å². The predicted molar refractivity (Wildman–Crippen MR) is 227 cm³/mol. The van der Waals surface area contributed by atoms with Gasteiger partial charge < -0.3 is 9.97 Å². The van der Waals surface area contributed by atoms with Crippen LogP contribution < -0.4 is 0 Å². The van der Waals surface area contributed by atoms with Gasteiger partial charge in [0.2, 0.25) is 0 Å². The third-order valence-corrected chi connectivity index (χ3v) is 11.7. The summed E-state index contributed by atoms with van der Waals surface area (Å²) in [5.74, 6) is 0. The van der Waals surface area contributed by atoms with Crippen LogP contribution in [0.1, 0.15) is 164 Å². The van der Waals surface area contributed by atoms with Gasteiger partial charge in [0.1, 0.15) is 0 Å². The van der Waals surface area contributed by atoms with E-state index in [0.29, 0.717) is 0 Å². The van der Waals surface area contributed by atoms with Crippen molar-refractivity contribution in [2.24, 2.45) is 0 Å². The molecule has 2 aliphatic rings. The van der Waals surface area contributed by atoms with Crippen molar-refractivity contribution in [3.63, 3.8) is 0 Å². The molecule has 6 rings (SSSR count). The summed E-state index contributed by atoms with van der Waals surface area (Å²) in [5.41, 5.74) is 24.5. The molecule has 52 heavy (non-hydrogen) atoms. The first-order valence-corrected chi connectivity index (χ1v) is 20.8. The largest absolute Gasteiger partial charge is 0.355 e. The minimum Gasteiger partial charge on any atom is -0.355 e. The Kier molecular flexibility index (Phi) is 12.0. The summed E-state index contributed by atoms with van der Waals surface area (Å²) in [6.07, 6.45) is 13.5. The Morgan fingerprint density at radius 3 is 1.60 bits per heavy atom. The number of aryl methyl sites for hydroxylation is 4. The maximum absolute atomic E-state index is 5.85. The van der Waals surface area contributed by atoms with Gasteiger partial charge in [-0.15, -0.1) is 0 Å². The monoisotopic (exact) mass is 694 g/mol. The summed E-state index contributed by atoms with van der Waals surface area (Å²) in [7, 11) is 0. The zero-order valence-corrected chi connectivity index (χ0v) is 33.6. The topological polar surface area (TPSA) is 57.4 Å². The zero-order valence-electron chi connectivity index (χ0n) is 33.6. The lowest BCUT2D eigenvalue weighted by Gasteiger charge is -2.12. The van der Waals surface area contributed by atoms with Crippen LogP contribution in [-0.2, 0) is 32.1 Å². The van der Waals surface area contributed by atoms with Crippen LogP contribution in [-0.4, -0.2) is 19.9 Å². The lowest BCUT2D eigenvalue weighted by Crippen LogP contribution is -2.00. The van der Waals surface area contributed by atoms with Crippen LogP contribution in [0.15, 0.2) is 42.5 Å². The standard InChI is InChI=1S/C48H62N4/c1-10-19-20-24-27-39-45-35(15-6)33(13-4)42(50-45)28-40-31(11-2)32(12-3)41(49-40)29-43-34(14-5)36(16-7)47(51-43)44(30-25-22-21-23-26-30)48-38(18-9)37(17-8)46(39)52-48/h21-23,25-26,28-29,49,51H,10-20,24,27H2,1-9H3. The molecule has 3 aromatic heterocycles. The lowest BCUT2D eigenvalue weighted by atomic mass is 9.90. The van der Waals surface area contributed by atoms with E-state index in [1.807, 2.05) is 0 Å². The van der Waals surface area contributed by atoms with E-state index in [1.165, 1.54) is 114 Å². The third-order valence-electron chi connectivity index (χ3n) is 11.7. The quantitative estimate of drug-likeness (QED) is 0.129. The molecule has 0 unspecified atom stereocenters. The van der Waals surface area contributed by atoms with Gasteiger partial charge in [0.15, 0.2) is 0 Å². The third kappa shape index (κ3) is 6.63. The van der Waals surface area contributed by atoms with Crippen LogP contribution >= 0.6 is 0 Å². The Balaban J connectivity index is 1.94. The Labute approximate surface area is 313 Å². The summed E-state index contributed by atoms with van der Waals surface area (Å²) in [4.78, 5) is 19.5. The first-order valence-electron chi connectivity index (χ1n) is 20.8. The van der Waals surface area contributed by atoms with Gasteiger partial charge in [-0.05, 0) is 126 Å². The molecule has 8 bridgehead atoms. The smallest absolute Gasteiger partial charge is 0.0771 e. The summed E-state index contributed by atoms with van der Waals surface area (Å²) >= 11 is 0. The Bertz CT molecular complexity index is 2150. The molecule has 2 N–H and O–H groups in total. The van der Waals surface area contributed by atoms with E-state index in [4.69, 9.17) is 9.97 Å². The number of hydrogen-bond acceptors (Lipinski definition) is 2. The predicted octanol–water partition coefficient (Wildman–Crippen LogP) is 13.8. The average molecular weight is 695 g/mol. The SMILES string of the molecule is CCCCCCc1c2nc(cc3[nH]c(cc4[nH]c(c(CC)c4CC)c(-c4ccccc4)c4nc1C(CC)=C4CC)c(CC)c3CC)C(CC)=C2CC. The molecule has 1 aromatic carbocycles. The van der Waals surface area contributed by atoms with Crippen LogP contribution in [0.4, 0.5) is 0 Å². The Morgan fingerprint density at radius 2 is 1.00 bits per heavy atom. The van der Waals surface area contributed by atoms with E-state index < -0.39 is 0 Å². The molecule has 0 saturated carbocycles. The number of hydrogen-bond donors (Lipinski definition) is 2. The number of fused-ring (bicyclic) bond motifs is 8. The molecular weight excluding hydrogens is 633 g/mol. The summed E-state index contributed by atoms with van der Waals surface area (Å²) in [6, 6.07) is 15.8. The van der Waals surface area contributed by atoms with Crippen LogP contribution in [0.5, 0.6) is 0 Å². The Hall–Kier alpha value is -4.18. The average Bonchev–Trinajstić information content (AvgIpc) is 3.91. The fraction of sp³-hybridized carbons (Fsp3) is 0.458. The van der Waals surface area contributed by atoms with Gasteiger partial charge in [0.05, 0.1) is 28.3 Å². The van der Waals surface area contributed by atoms with Crippen LogP contribution in [0.2, 0.25) is 0 Å². The number of aromatic nitrogens is 4. The van der Waals surface area contributed by atoms with Crippen molar-refractivity contribution < 1.29 is 0 Å². The van der Waals surface area contributed by atoms with Gasteiger partial charge >= 0.3 is 0 Å². The number of benzene rings is 1. The van der Waals surface area contributed by atoms with Gasteiger partial charge in [0.25, 0.3) is 0 Å². The molecular formula is C48H62N4. The van der Waals surface area contributed by atoms with Gasteiger partial charge in [-0.25, -0.2) is 9.97 Å². The molecule has 5 heterocycles. The van der Waals surface area contributed by atoms with E-state index in [9.17, 15) is 0 Å². The molecule has 274 valence electrons. The van der Waals surface area contributed by atoms with Crippen molar-refractivity contribution in [2.75, 3.05) is 0 Å². The summed E-state index contributed by atoms with van der Waals surface area (Å²) in [6.45, 7) is 20.8. The van der Waals surface area contributed by atoms with Gasteiger partial charge in [-0.3, -0.25) is 0 Å². The van der Waals surface area contributed by atoms with Crippen LogP contribution in [0.25, 0.3) is 55.5 Å². The van der Waals surface area contributed by atoms with E-state index in [-0.39, 0.29) is 0 Å². The van der Waals surface area contributed by atoms with Crippen molar-refractivity contribution in [3.05, 3.63) is 93.1 Å². The molecule has 0 radical (unpaired) electrons. The maximum atomic E-state index is 5.85. The molecule has 0 atom stereocenters. The summed E-state index contributed by atoms with van der Waals surface area (Å²) < 4.78 is 0. The second-order valence-electron chi connectivity index (χ2n) is 14.5. The van der Waals surface area contributed by atoms with Crippen molar-refractivity contribution in [1.82, 2.24) is 19.9 Å². The zero-order chi connectivity index (χ0) is 36.9. The van der Waals surface area contributed by atoms with E-state index in [2.05, 4.69) is 115 Å². The van der Waals surface area contributed by atoms with Crippen molar-refractivity contribution in [2.45, 2.75) is 146 Å². The first kappa shape index (κ1) is 37.6. The maximum Gasteiger partial charge on any atom is 0.0771 e. The fourth-order valence-electron chi connectivity index (χ4n) is 9.22. The number of aromatic amines is 2. The molecule has 2 aliphatic heterocycles. The van der Waals surface area contributed by atoms with Crippen molar-refractivity contribution in [3.8, 4) is 11.1 Å². The van der Waals surface area contributed by atoms with Gasteiger partial charge in [0, 0.05) is 27.7 Å². The van der Waals surface area contributed by atoms with Crippen LogP contribution in [0.3, 0.4) is 0 Å². The highest BCUT2D eigenvalue weighted by molar-refractivity contribution is 6.03. The Morgan fingerprint density at radius 1 is 0.462 bits per heavy atom. The van der Waals surface area contributed by atoms with Gasteiger partial charge in [-0.2, -0.15) is 0 Å². The first-order chi connectivity index (χ1) is 25.4. The molecule has 0 spiro atoms. The number of nitrogens with one attached hydrogen (secondary N) is 2.